The third-order valence-electron chi connectivity index (χ3n) is 2.86. The maximum atomic E-state index is 5.63. The standard InChI is InChI=1S/C13H21N3OS/c1-3-11-15-12(14-4-2)8-13(16-11)18-9-10-6-5-7-17-10/h8,10H,3-7,9H2,1-2H3,(H,14,15,16). The molecule has 5 heteroatoms. The summed E-state index contributed by atoms with van der Waals surface area (Å²) in [6.07, 6.45) is 3.64. The summed E-state index contributed by atoms with van der Waals surface area (Å²) >= 11 is 1.77. The normalized spacial score (nSPS) is 19.1. The van der Waals surface area contributed by atoms with Gasteiger partial charge in [-0.05, 0) is 19.8 Å². The summed E-state index contributed by atoms with van der Waals surface area (Å²) in [7, 11) is 0. The van der Waals surface area contributed by atoms with E-state index >= 15 is 0 Å². The van der Waals surface area contributed by atoms with E-state index < -0.39 is 0 Å². The molecule has 0 aromatic carbocycles. The van der Waals surface area contributed by atoms with Crippen LogP contribution >= 0.6 is 11.8 Å². The minimum Gasteiger partial charge on any atom is -0.377 e. The molecule has 0 radical (unpaired) electrons. The first-order valence-electron chi connectivity index (χ1n) is 6.68. The first-order chi connectivity index (χ1) is 8.81. The lowest BCUT2D eigenvalue weighted by Crippen LogP contribution is -2.09. The van der Waals surface area contributed by atoms with E-state index in [0.717, 1.165) is 42.0 Å². The van der Waals surface area contributed by atoms with Crippen molar-refractivity contribution in [1.82, 2.24) is 9.97 Å². The van der Waals surface area contributed by atoms with Crippen molar-refractivity contribution in [3.8, 4) is 0 Å². The number of anilines is 1. The summed E-state index contributed by atoms with van der Waals surface area (Å²) in [4.78, 5) is 9.01. The van der Waals surface area contributed by atoms with Crippen molar-refractivity contribution < 1.29 is 4.74 Å². The van der Waals surface area contributed by atoms with Crippen LogP contribution in [0.3, 0.4) is 0 Å². The van der Waals surface area contributed by atoms with E-state index in [1.54, 1.807) is 11.8 Å². The van der Waals surface area contributed by atoms with Crippen LogP contribution < -0.4 is 5.32 Å². The number of aromatic nitrogens is 2. The van der Waals surface area contributed by atoms with Gasteiger partial charge in [-0.3, -0.25) is 0 Å². The molecule has 100 valence electrons. The van der Waals surface area contributed by atoms with Gasteiger partial charge in [0.2, 0.25) is 0 Å². The SMILES string of the molecule is CCNc1cc(SCC2CCCO2)nc(CC)n1. The monoisotopic (exact) mass is 267 g/mol. The fourth-order valence-corrected chi connectivity index (χ4v) is 2.92. The van der Waals surface area contributed by atoms with Gasteiger partial charge in [0.25, 0.3) is 0 Å². The van der Waals surface area contributed by atoms with Crippen molar-refractivity contribution in [3.05, 3.63) is 11.9 Å². The molecule has 1 aromatic heterocycles. The fourth-order valence-electron chi connectivity index (χ4n) is 1.93. The molecule has 0 amide bonds. The number of hydrogen-bond acceptors (Lipinski definition) is 5. The molecule has 1 atom stereocenters. The Morgan fingerprint density at radius 2 is 2.33 bits per heavy atom. The molecule has 1 aliphatic heterocycles. The fraction of sp³-hybridized carbons (Fsp3) is 0.692. The van der Waals surface area contributed by atoms with Crippen LogP contribution in [0.4, 0.5) is 5.82 Å². The van der Waals surface area contributed by atoms with E-state index in [2.05, 4.69) is 29.1 Å². The summed E-state index contributed by atoms with van der Waals surface area (Å²) in [6.45, 7) is 5.96. The first-order valence-corrected chi connectivity index (χ1v) is 7.66. The number of nitrogens with one attached hydrogen (secondary N) is 1. The second kappa shape index (κ2) is 6.95. The van der Waals surface area contributed by atoms with Crippen LogP contribution in [0.2, 0.25) is 0 Å². The van der Waals surface area contributed by atoms with Gasteiger partial charge in [-0.1, -0.05) is 6.92 Å². The number of nitrogens with zero attached hydrogens (tertiary/aromatic N) is 2. The third kappa shape index (κ3) is 3.85. The van der Waals surface area contributed by atoms with Gasteiger partial charge < -0.3 is 10.1 Å². The number of thioether (sulfide) groups is 1. The highest BCUT2D eigenvalue weighted by Crippen LogP contribution is 2.24. The topological polar surface area (TPSA) is 47.0 Å². The number of hydrogen-bond donors (Lipinski definition) is 1. The van der Waals surface area contributed by atoms with Gasteiger partial charge in [0.05, 0.1) is 6.10 Å². The number of ether oxygens (including phenoxy) is 1. The average Bonchev–Trinajstić information content (AvgIpc) is 2.89. The maximum Gasteiger partial charge on any atom is 0.131 e. The Kier molecular flexibility index (Phi) is 5.26. The van der Waals surface area contributed by atoms with Crippen molar-refractivity contribution in [1.29, 1.82) is 0 Å². The largest absolute Gasteiger partial charge is 0.377 e. The second-order valence-electron chi connectivity index (χ2n) is 4.34. The molecule has 0 aliphatic carbocycles. The Hall–Kier alpha value is -0.810. The lowest BCUT2D eigenvalue weighted by atomic mass is 10.3. The Labute approximate surface area is 113 Å². The van der Waals surface area contributed by atoms with Crippen LogP contribution in [0.1, 0.15) is 32.5 Å². The highest BCUT2D eigenvalue weighted by atomic mass is 32.2. The van der Waals surface area contributed by atoms with Crippen LogP contribution in [-0.4, -0.2) is 35.0 Å². The molecule has 2 rings (SSSR count). The molecule has 1 N–H and O–H groups in total. The van der Waals surface area contributed by atoms with E-state index in [9.17, 15) is 0 Å². The zero-order valence-electron chi connectivity index (χ0n) is 11.1. The minimum absolute atomic E-state index is 0.401. The Morgan fingerprint density at radius 3 is 3.00 bits per heavy atom. The number of rotatable bonds is 6. The maximum absolute atomic E-state index is 5.63. The molecule has 2 heterocycles. The molecule has 1 aliphatic rings. The van der Waals surface area contributed by atoms with Gasteiger partial charge in [-0.15, -0.1) is 11.8 Å². The van der Waals surface area contributed by atoms with Crippen molar-refractivity contribution in [2.45, 2.75) is 44.2 Å². The minimum atomic E-state index is 0.401. The summed E-state index contributed by atoms with van der Waals surface area (Å²) in [5.74, 6) is 2.83. The zero-order valence-corrected chi connectivity index (χ0v) is 11.9. The molecule has 1 aromatic rings. The predicted molar refractivity (Wildman–Crippen MR) is 75.3 cm³/mol. The van der Waals surface area contributed by atoms with Crippen molar-refractivity contribution in [3.63, 3.8) is 0 Å². The second-order valence-corrected chi connectivity index (χ2v) is 5.38. The van der Waals surface area contributed by atoms with Crippen LogP contribution in [-0.2, 0) is 11.2 Å². The lowest BCUT2D eigenvalue weighted by molar-refractivity contribution is 0.129. The third-order valence-corrected chi connectivity index (χ3v) is 3.91. The number of aryl methyl sites for hydroxylation is 1. The predicted octanol–water partition coefficient (Wildman–Crippen LogP) is 2.74. The van der Waals surface area contributed by atoms with Crippen molar-refractivity contribution in [2.75, 3.05) is 24.2 Å². The van der Waals surface area contributed by atoms with Gasteiger partial charge in [0.1, 0.15) is 16.7 Å². The van der Waals surface area contributed by atoms with Crippen LogP contribution in [0, 0.1) is 0 Å². The van der Waals surface area contributed by atoms with Crippen molar-refractivity contribution in [2.24, 2.45) is 0 Å². The molecule has 1 fully saturated rings. The van der Waals surface area contributed by atoms with Gasteiger partial charge >= 0.3 is 0 Å². The Bertz CT molecular complexity index is 380. The smallest absolute Gasteiger partial charge is 0.131 e. The lowest BCUT2D eigenvalue weighted by Gasteiger charge is -2.10. The molecule has 1 saturated heterocycles. The molecule has 0 bridgehead atoms. The quantitative estimate of drug-likeness (QED) is 0.634. The van der Waals surface area contributed by atoms with E-state index in [1.807, 2.05) is 6.07 Å². The van der Waals surface area contributed by atoms with Gasteiger partial charge in [-0.25, -0.2) is 9.97 Å². The molecule has 0 spiro atoms. The Balaban J connectivity index is 1.98. The highest BCUT2D eigenvalue weighted by Gasteiger charge is 2.16. The Morgan fingerprint density at radius 1 is 1.44 bits per heavy atom. The van der Waals surface area contributed by atoms with E-state index in [0.29, 0.717) is 6.10 Å². The van der Waals surface area contributed by atoms with Gasteiger partial charge in [0.15, 0.2) is 0 Å². The molecule has 1 unspecified atom stereocenters. The molecule has 4 nitrogen and oxygen atoms in total. The first kappa shape index (κ1) is 13.6. The summed E-state index contributed by atoms with van der Waals surface area (Å²) in [6, 6.07) is 2.03. The van der Waals surface area contributed by atoms with E-state index in [1.165, 1.54) is 12.8 Å². The van der Waals surface area contributed by atoms with Crippen LogP contribution in [0.15, 0.2) is 11.1 Å². The molecule has 18 heavy (non-hydrogen) atoms. The van der Waals surface area contributed by atoms with E-state index in [4.69, 9.17) is 4.74 Å². The molecular formula is C13H21N3OS. The molecular weight excluding hydrogens is 246 g/mol. The van der Waals surface area contributed by atoms with Crippen molar-refractivity contribution >= 4 is 17.6 Å². The van der Waals surface area contributed by atoms with Crippen LogP contribution in [0.25, 0.3) is 0 Å². The van der Waals surface area contributed by atoms with Crippen LogP contribution in [0.5, 0.6) is 0 Å². The van der Waals surface area contributed by atoms with E-state index in [-0.39, 0.29) is 0 Å². The summed E-state index contributed by atoms with van der Waals surface area (Å²) < 4.78 is 5.63. The van der Waals surface area contributed by atoms with Gasteiger partial charge in [0, 0.05) is 31.4 Å². The molecule has 0 saturated carbocycles. The summed E-state index contributed by atoms with van der Waals surface area (Å²) in [5, 5.41) is 4.30. The summed E-state index contributed by atoms with van der Waals surface area (Å²) in [5.41, 5.74) is 0. The highest BCUT2D eigenvalue weighted by molar-refractivity contribution is 7.99. The average molecular weight is 267 g/mol. The van der Waals surface area contributed by atoms with Gasteiger partial charge in [-0.2, -0.15) is 0 Å². The zero-order chi connectivity index (χ0) is 12.8.